The molecule has 0 aliphatic heterocycles. The van der Waals surface area contributed by atoms with Crippen molar-refractivity contribution < 1.29 is 13.1 Å². The fourth-order valence-electron chi connectivity index (χ4n) is 2.11. The van der Waals surface area contributed by atoms with E-state index in [0.717, 1.165) is 5.56 Å². The Morgan fingerprint density at radius 1 is 1.19 bits per heavy atom. The minimum Gasteiger partial charge on any atom is -0.619 e. The number of pyridine rings is 1. The van der Waals surface area contributed by atoms with Gasteiger partial charge in [-0.1, -0.05) is 17.7 Å². The van der Waals surface area contributed by atoms with Crippen LogP contribution in [0.1, 0.15) is 5.56 Å². The van der Waals surface area contributed by atoms with Gasteiger partial charge in [-0.2, -0.15) is 4.73 Å². The number of fused-ring (bicyclic) bond motifs is 1. The molecule has 0 fully saturated rings. The van der Waals surface area contributed by atoms with Gasteiger partial charge in [0.25, 0.3) is 10.0 Å². The summed E-state index contributed by atoms with van der Waals surface area (Å²) in [4.78, 5) is 0.222. The highest BCUT2D eigenvalue weighted by molar-refractivity contribution is 14.1. The van der Waals surface area contributed by atoms with Crippen LogP contribution in [-0.4, -0.2) is 12.4 Å². The summed E-state index contributed by atoms with van der Waals surface area (Å²) in [5.74, 6) is 0. The number of hydrogen-bond donors (Lipinski definition) is 0. The van der Waals surface area contributed by atoms with E-state index in [1.165, 1.54) is 28.6 Å². The Hall–Kier alpha value is -1.61. The monoisotopic (exact) mass is 414 g/mol. The van der Waals surface area contributed by atoms with Gasteiger partial charge in [0.15, 0.2) is 12.4 Å². The van der Waals surface area contributed by atoms with E-state index in [4.69, 9.17) is 0 Å². The molecule has 5 nitrogen and oxygen atoms in total. The van der Waals surface area contributed by atoms with E-state index in [-0.39, 0.29) is 4.90 Å². The smallest absolute Gasteiger partial charge is 0.268 e. The van der Waals surface area contributed by atoms with Crippen LogP contribution in [0.15, 0.2) is 53.8 Å². The van der Waals surface area contributed by atoms with E-state index < -0.39 is 10.0 Å². The zero-order chi connectivity index (χ0) is 15.2. The molecule has 1 aromatic carbocycles. The average molecular weight is 414 g/mol. The lowest BCUT2D eigenvalue weighted by Gasteiger charge is -2.07. The summed E-state index contributed by atoms with van der Waals surface area (Å²) in [6.45, 7) is 1.90. The predicted octanol–water partition coefficient (Wildman–Crippen LogP) is 2.42. The van der Waals surface area contributed by atoms with E-state index in [9.17, 15) is 13.6 Å². The fraction of sp³-hybridized carbons (Fsp3) is 0.0714. The van der Waals surface area contributed by atoms with Crippen LogP contribution in [0.5, 0.6) is 0 Å². The minimum atomic E-state index is -3.67. The SMILES string of the molecule is Cc1ccc(S(=O)(=O)n2cc(I)c3c[n+]([O-])ccc32)cc1. The molecule has 0 saturated carbocycles. The van der Waals surface area contributed by atoms with Gasteiger partial charge in [-0.15, -0.1) is 0 Å². The van der Waals surface area contributed by atoms with Gasteiger partial charge in [-0.05, 0) is 41.6 Å². The number of aryl methyl sites for hydroxylation is 1. The van der Waals surface area contributed by atoms with Crippen LogP contribution < -0.4 is 4.73 Å². The Balaban J connectivity index is 2.26. The van der Waals surface area contributed by atoms with Crippen molar-refractivity contribution in [1.82, 2.24) is 3.97 Å². The summed E-state index contributed by atoms with van der Waals surface area (Å²) >= 11 is 2.02. The number of aromatic nitrogens is 2. The molecule has 0 aliphatic carbocycles. The molecular formula is C14H11IN2O3S. The van der Waals surface area contributed by atoms with Crippen LogP contribution in [0.2, 0.25) is 0 Å². The molecule has 0 radical (unpaired) electrons. The number of hydrogen-bond acceptors (Lipinski definition) is 3. The lowest BCUT2D eigenvalue weighted by molar-refractivity contribution is -0.603. The average Bonchev–Trinajstić information content (AvgIpc) is 2.77. The molecule has 0 N–H and O–H groups in total. The van der Waals surface area contributed by atoms with Crippen LogP contribution in [-0.2, 0) is 10.0 Å². The fourth-order valence-corrected chi connectivity index (χ4v) is 4.36. The Bertz CT molecular complexity index is 931. The first-order chi connectivity index (χ1) is 9.89. The molecular weight excluding hydrogens is 403 g/mol. The van der Waals surface area contributed by atoms with E-state index >= 15 is 0 Å². The van der Waals surface area contributed by atoms with E-state index in [1.807, 2.05) is 29.5 Å². The molecule has 0 bridgehead atoms. The van der Waals surface area contributed by atoms with Gasteiger partial charge in [0, 0.05) is 15.8 Å². The van der Waals surface area contributed by atoms with Crippen molar-refractivity contribution in [3.63, 3.8) is 0 Å². The highest BCUT2D eigenvalue weighted by Gasteiger charge is 2.21. The second-order valence-corrected chi connectivity index (χ2v) is 7.67. The van der Waals surface area contributed by atoms with Crippen molar-refractivity contribution >= 4 is 43.5 Å². The third kappa shape index (κ3) is 2.40. The van der Waals surface area contributed by atoms with Gasteiger partial charge in [-0.3, -0.25) is 0 Å². The van der Waals surface area contributed by atoms with Gasteiger partial charge in [0.1, 0.15) is 0 Å². The summed E-state index contributed by atoms with van der Waals surface area (Å²) in [5, 5.41) is 12.0. The summed E-state index contributed by atoms with van der Waals surface area (Å²) in [6.07, 6.45) is 4.19. The van der Waals surface area contributed by atoms with Crippen molar-refractivity contribution in [3.05, 3.63) is 63.3 Å². The summed E-state index contributed by atoms with van der Waals surface area (Å²) in [5.41, 5.74) is 1.49. The largest absolute Gasteiger partial charge is 0.619 e. The van der Waals surface area contributed by atoms with Crippen LogP contribution in [0.25, 0.3) is 10.9 Å². The minimum absolute atomic E-state index is 0.222. The second kappa shape index (κ2) is 4.99. The van der Waals surface area contributed by atoms with Crippen LogP contribution in [0.4, 0.5) is 0 Å². The first-order valence-corrected chi connectivity index (χ1v) is 8.63. The van der Waals surface area contributed by atoms with Crippen molar-refractivity contribution in [2.75, 3.05) is 0 Å². The molecule has 0 amide bonds. The lowest BCUT2D eigenvalue weighted by atomic mass is 10.2. The number of rotatable bonds is 2. The van der Waals surface area contributed by atoms with Gasteiger partial charge < -0.3 is 5.21 Å². The predicted molar refractivity (Wildman–Crippen MR) is 87.4 cm³/mol. The van der Waals surface area contributed by atoms with E-state index in [1.54, 1.807) is 24.3 Å². The second-order valence-electron chi connectivity index (χ2n) is 4.69. The van der Waals surface area contributed by atoms with Crippen LogP contribution in [0, 0.1) is 15.7 Å². The quantitative estimate of drug-likeness (QED) is 0.368. The number of halogens is 1. The maximum atomic E-state index is 12.7. The maximum Gasteiger partial charge on any atom is 0.268 e. The first kappa shape index (κ1) is 14.3. The molecule has 3 aromatic rings. The third-order valence-electron chi connectivity index (χ3n) is 3.21. The Kier molecular flexibility index (Phi) is 3.40. The Morgan fingerprint density at radius 3 is 2.52 bits per heavy atom. The molecule has 0 saturated heterocycles. The molecule has 0 aliphatic rings. The van der Waals surface area contributed by atoms with Crippen molar-refractivity contribution in [2.45, 2.75) is 11.8 Å². The van der Waals surface area contributed by atoms with E-state index in [0.29, 0.717) is 19.2 Å². The van der Waals surface area contributed by atoms with Gasteiger partial charge >= 0.3 is 0 Å². The van der Waals surface area contributed by atoms with Crippen molar-refractivity contribution in [3.8, 4) is 0 Å². The molecule has 7 heteroatoms. The number of benzene rings is 1. The number of nitrogens with zero attached hydrogens (tertiary/aromatic N) is 2. The molecule has 21 heavy (non-hydrogen) atoms. The Morgan fingerprint density at radius 2 is 1.86 bits per heavy atom. The normalized spacial score (nSPS) is 11.9. The van der Waals surface area contributed by atoms with Crippen molar-refractivity contribution in [2.24, 2.45) is 0 Å². The lowest BCUT2D eigenvalue weighted by Crippen LogP contribution is -2.24. The molecule has 2 aromatic heterocycles. The zero-order valence-electron chi connectivity index (χ0n) is 11.0. The summed E-state index contributed by atoms with van der Waals surface area (Å²) < 4.78 is 28.1. The molecule has 2 heterocycles. The molecule has 0 spiro atoms. The topological polar surface area (TPSA) is 66.0 Å². The van der Waals surface area contributed by atoms with Crippen molar-refractivity contribution in [1.29, 1.82) is 0 Å². The molecule has 0 unspecified atom stereocenters. The molecule has 0 atom stereocenters. The molecule has 108 valence electrons. The van der Waals surface area contributed by atoms with E-state index in [2.05, 4.69) is 0 Å². The third-order valence-corrected chi connectivity index (χ3v) is 5.76. The zero-order valence-corrected chi connectivity index (χ0v) is 14.0. The molecule has 3 rings (SSSR count). The van der Waals surface area contributed by atoms with Gasteiger partial charge in [-0.25, -0.2) is 12.4 Å². The highest BCUT2D eigenvalue weighted by Crippen LogP contribution is 2.26. The summed E-state index contributed by atoms with van der Waals surface area (Å²) in [6, 6.07) is 8.20. The van der Waals surface area contributed by atoms with Crippen LogP contribution in [0.3, 0.4) is 0 Å². The van der Waals surface area contributed by atoms with Gasteiger partial charge in [0.05, 0.1) is 15.8 Å². The maximum absolute atomic E-state index is 12.7. The highest BCUT2D eigenvalue weighted by atomic mass is 127. The van der Waals surface area contributed by atoms with Gasteiger partial charge in [0.2, 0.25) is 0 Å². The van der Waals surface area contributed by atoms with Crippen LogP contribution >= 0.6 is 22.6 Å². The standard InChI is InChI=1S/C14H11IN2O3S/c1-10-2-4-11(5-3-10)21(19,20)17-9-13(15)12-8-16(18)7-6-14(12)17/h2-9H,1H3. The summed E-state index contributed by atoms with van der Waals surface area (Å²) in [7, 11) is -3.67. The first-order valence-electron chi connectivity index (χ1n) is 6.11. The Labute approximate surface area is 135 Å².